The minimum Gasteiger partial charge on any atom is -0.462 e. The van der Waals surface area contributed by atoms with Crippen molar-refractivity contribution in [2.75, 3.05) is 6.61 Å². The first-order valence-electron chi connectivity index (χ1n) is 5.68. The fourth-order valence-electron chi connectivity index (χ4n) is 1.52. The first kappa shape index (κ1) is 20.9. The van der Waals surface area contributed by atoms with Gasteiger partial charge >= 0.3 is 18.1 Å². The Kier molecular flexibility index (Phi) is 7.05. The Labute approximate surface area is 134 Å². The van der Waals surface area contributed by atoms with Crippen molar-refractivity contribution in [1.29, 1.82) is 0 Å². The summed E-state index contributed by atoms with van der Waals surface area (Å²) >= 11 is 5.47. The van der Waals surface area contributed by atoms with Crippen molar-refractivity contribution in [2.45, 2.75) is 25.1 Å². The first-order chi connectivity index (χ1) is 9.50. The molecule has 0 unspecified atom stereocenters. The van der Waals surface area contributed by atoms with Crippen LogP contribution in [-0.2, 0) is 15.7 Å². The van der Waals surface area contributed by atoms with E-state index in [0.29, 0.717) is 12.1 Å². The molecule has 0 saturated carbocycles. The molecule has 1 atom stereocenters. The van der Waals surface area contributed by atoms with Crippen LogP contribution in [0.2, 0.25) is 5.02 Å². The van der Waals surface area contributed by atoms with Crippen molar-refractivity contribution < 1.29 is 31.5 Å². The summed E-state index contributed by atoms with van der Waals surface area (Å²) in [6.07, 6.45) is -4.78. The number of hydrogen-bond acceptors (Lipinski definition) is 3. The Hall–Kier alpha value is -1.12. The first-order valence-corrected chi connectivity index (χ1v) is 6.06. The van der Waals surface area contributed by atoms with Gasteiger partial charge in [-0.25, -0.2) is 4.79 Å². The summed E-state index contributed by atoms with van der Waals surface area (Å²) in [4.78, 5) is 11.1. The van der Waals surface area contributed by atoms with Crippen LogP contribution >= 0.6 is 24.0 Å². The van der Waals surface area contributed by atoms with Gasteiger partial charge in [0.05, 0.1) is 12.2 Å². The lowest BCUT2D eigenvalue weighted by atomic mass is 9.99. The number of nitrogens with two attached hydrogens (primary N) is 1. The zero-order valence-electron chi connectivity index (χ0n) is 11.1. The lowest BCUT2D eigenvalue weighted by Gasteiger charge is -2.22. The second-order valence-corrected chi connectivity index (χ2v) is 4.53. The molecule has 2 N–H and O–H groups in total. The fraction of sp³-hybridized carbons (Fsp3) is 0.417. The van der Waals surface area contributed by atoms with Crippen molar-refractivity contribution in [3.05, 3.63) is 34.3 Å². The van der Waals surface area contributed by atoms with Gasteiger partial charge in [-0.2, -0.15) is 22.0 Å². The quantitative estimate of drug-likeness (QED) is 0.646. The number of carbonyl (C=O) groups is 1. The molecule has 1 aromatic rings. The van der Waals surface area contributed by atoms with Crippen LogP contribution in [0.4, 0.5) is 22.0 Å². The van der Waals surface area contributed by atoms with Crippen LogP contribution in [0, 0.1) is 0 Å². The van der Waals surface area contributed by atoms with Gasteiger partial charge < -0.3 is 10.5 Å². The summed E-state index contributed by atoms with van der Waals surface area (Å²) in [5.41, 5.74) is 3.35. The summed E-state index contributed by atoms with van der Waals surface area (Å²) in [6, 6.07) is -0.477. The van der Waals surface area contributed by atoms with Crippen molar-refractivity contribution in [2.24, 2.45) is 5.73 Å². The zero-order chi connectivity index (χ0) is 16.4. The molecule has 0 aliphatic heterocycles. The van der Waals surface area contributed by atoms with Gasteiger partial charge in [-0.15, -0.1) is 12.4 Å². The maximum Gasteiger partial charge on any atom is 0.416 e. The van der Waals surface area contributed by atoms with E-state index in [9.17, 15) is 26.7 Å². The van der Waals surface area contributed by atoms with Gasteiger partial charge in [0.15, 0.2) is 0 Å². The van der Waals surface area contributed by atoms with Crippen molar-refractivity contribution in [3.63, 3.8) is 0 Å². The van der Waals surface area contributed by atoms with Gasteiger partial charge in [-0.1, -0.05) is 11.6 Å². The summed E-state index contributed by atoms with van der Waals surface area (Å²) < 4.78 is 69.4. The number of rotatable bonds is 4. The van der Waals surface area contributed by atoms with E-state index in [1.807, 2.05) is 0 Å². The van der Waals surface area contributed by atoms with Gasteiger partial charge in [0.2, 0.25) is 0 Å². The molecule has 10 heteroatoms. The molecule has 22 heavy (non-hydrogen) atoms. The predicted octanol–water partition coefficient (Wildman–Crippen LogP) is 3.98. The van der Waals surface area contributed by atoms with Gasteiger partial charge in [0, 0.05) is 5.02 Å². The molecule has 0 fully saturated rings. The smallest absolute Gasteiger partial charge is 0.416 e. The number of benzene rings is 1. The molecular weight excluding hydrogens is 356 g/mol. The highest BCUT2D eigenvalue weighted by atomic mass is 35.5. The Balaban J connectivity index is 0.00000441. The van der Waals surface area contributed by atoms with E-state index < -0.39 is 40.3 Å². The topological polar surface area (TPSA) is 52.3 Å². The molecule has 0 saturated heterocycles. The molecule has 0 amide bonds. The number of hydrogen-bond donors (Lipinski definition) is 1. The average Bonchev–Trinajstić information content (AvgIpc) is 2.36. The van der Waals surface area contributed by atoms with Gasteiger partial charge in [0.25, 0.3) is 0 Å². The second kappa shape index (κ2) is 7.43. The lowest BCUT2D eigenvalue weighted by molar-refractivity contribution is -0.174. The lowest BCUT2D eigenvalue weighted by Crippen LogP contribution is -2.41. The van der Waals surface area contributed by atoms with Crippen LogP contribution in [0.5, 0.6) is 0 Å². The Bertz CT molecular complexity index is 537. The Morgan fingerprint density at radius 1 is 1.27 bits per heavy atom. The number of alkyl halides is 5. The fourth-order valence-corrected chi connectivity index (χ4v) is 1.76. The maximum atomic E-state index is 13.7. The van der Waals surface area contributed by atoms with Gasteiger partial charge in [-0.3, -0.25) is 0 Å². The van der Waals surface area contributed by atoms with Crippen LogP contribution in [0.1, 0.15) is 24.1 Å². The monoisotopic (exact) mass is 367 g/mol. The highest BCUT2D eigenvalue weighted by molar-refractivity contribution is 6.30. The summed E-state index contributed by atoms with van der Waals surface area (Å²) in [5.74, 6) is -6.09. The molecule has 0 aliphatic rings. The molecule has 3 nitrogen and oxygen atoms in total. The number of esters is 1. The van der Waals surface area contributed by atoms with E-state index in [1.165, 1.54) is 6.92 Å². The summed E-state index contributed by atoms with van der Waals surface area (Å²) in [6.45, 7) is 0.991. The molecule has 1 rings (SSSR count). The van der Waals surface area contributed by atoms with Crippen LogP contribution in [0.15, 0.2) is 18.2 Å². The van der Waals surface area contributed by atoms with Crippen LogP contribution < -0.4 is 5.73 Å². The zero-order valence-corrected chi connectivity index (χ0v) is 12.7. The van der Waals surface area contributed by atoms with E-state index in [-0.39, 0.29) is 19.0 Å². The molecule has 0 heterocycles. The average molecular weight is 368 g/mol. The van der Waals surface area contributed by atoms with Crippen molar-refractivity contribution in [3.8, 4) is 0 Å². The van der Waals surface area contributed by atoms with Crippen molar-refractivity contribution in [1.82, 2.24) is 0 Å². The highest BCUT2D eigenvalue weighted by Gasteiger charge is 2.48. The standard InChI is InChI=1S/C12H11ClF5NO2.ClH/c1-2-21-10(20)11(14,15)9(19)6-3-7(12(16,17)18)5-8(13)4-6;/h3-5,9H,2,19H2,1H3;1H/t9-;/m0./s1. The van der Waals surface area contributed by atoms with E-state index in [0.717, 1.165) is 6.07 Å². The van der Waals surface area contributed by atoms with E-state index in [2.05, 4.69) is 4.74 Å². The van der Waals surface area contributed by atoms with E-state index in [1.54, 1.807) is 0 Å². The van der Waals surface area contributed by atoms with Crippen molar-refractivity contribution >= 4 is 30.0 Å². The van der Waals surface area contributed by atoms with E-state index in [4.69, 9.17) is 17.3 Å². The third kappa shape index (κ3) is 4.69. The molecule has 0 radical (unpaired) electrons. The third-order valence-electron chi connectivity index (χ3n) is 2.54. The van der Waals surface area contributed by atoms with Crippen LogP contribution in [0.3, 0.4) is 0 Å². The van der Waals surface area contributed by atoms with Crippen LogP contribution in [0.25, 0.3) is 0 Å². The minimum atomic E-state index is -4.78. The number of ether oxygens (including phenoxy) is 1. The number of carbonyl (C=O) groups excluding carboxylic acids is 1. The highest BCUT2D eigenvalue weighted by Crippen LogP contribution is 2.36. The second-order valence-electron chi connectivity index (χ2n) is 4.09. The summed E-state index contributed by atoms with van der Waals surface area (Å²) in [5, 5.41) is -0.421. The SMILES string of the molecule is CCOC(=O)C(F)(F)[C@@H](N)c1cc(Cl)cc(C(F)(F)F)c1.Cl. The maximum absolute atomic E-state index is 13.7. The summed E-state index contributed by atoms with van der Waals surface area (Å²) in [7, 11) is 0. The Morgan fingerprint density at radius 3 is 2.27 bits per heavy atom. The molecule has 1 aromatic carbocycles. The minimum absolute atomic E-state index is 0. The van der Waals surface area contributed by atoms with E-state index >= 15 is 0 Å². The molecule has 126 valence electrons. The van der Waals surface area contributed by atoms with Gasteiger partial charge in [0.1, 0.15) is 6.04 Å². The molecule has 0 bridgehead atoms. The normalized spacial score (nSPS) is 13.3. The molecule has 0 spiro atoms. The molecular formula is C12H12Cl2F5NO2. The predicted molar refractivity (Wildman–Crippen MR) is 72.2 cm³/mol. The number of halogens is 7. The van der Waals surface area contributed by atoms with Crippen LogP contribution in [-0.4, -0.2) is 18.5 Å². The molecule has 0 aliphatic carbocycles. The largest absolute Gasteiger partial charge is 0.462 e. The third-order valence-corrected chi connectivity index (χ3v) is 2.76. The molecule has 0 aromatic heterocycles. The van der Waals surface area contributed by atoms with Gasteiger partial charge in [-0.05, 0) is 30.7 Å². The Morgan fingerprint density at radius 2 is 1.82 bits per heavy atom.